The zero-order chi connectivity index (χ0) is 26.2. The summed E-state index contributed by atoms with van der Waals surface area (Å²) >= 11 is 0. The van der Waals surface area contributed by atoms with Gasteiger partial charge in [-0.2, -0.15) is 0 Å². The van der Waals surface area contributed by atoms with Crippen molar-refractivity contribution in [1.82, 2.24) is 15.2 Å². The molecule has 1 N–H and O–H groups in total. The molecular weight excluding hydrogens is 466 g/mol. The number of nitrogens with zero attached hydrogens (tertiary/aromatic N) is 2. The molecular formula is C30H29N3O4. The number of nitrogens with one attached hydrogen (secondary N) is 1. The fourth-order valence-corrected chi connectivity index (χ4v) is 4.61. The summed E-state index contributed by atoms with van der Waals surface area (Å²) in [6.45, 7) is 5.96. The highest BCUT2D eigenvalue weighted by molar-refractivity contribution is 6.02. The van der Waals surface area contributed by atoms with E-state index in [1.54, 1.807) is 30.3 Å². The Morgan fingerprint density at radius 3 is 2.51 bits per heavy atom. The fourth-order valence-electron chi connectivity index (χ4n) is 4.61. The summed E-state index contributed by atoms with van der Waals surface area (Å²) in [6.07, 6.45) is 1.59. The lowest BCUT2D eigenvalue weighted by Crippen LogP contribution is -2.49. The van der Waals surface area contributed by atoms with E-state index in [2.05, 4.69) is 10.3 Å². The van der Waals surface area contributed by atoms with Crippen molar-refractivity contribution in [2.24, 2.45) is 0 Å². The Kier molecular flexibility index (Phi) is 6.29. The number of carbonyl (C=O) groups is 2. The Morgan fingerprint density at radius 1 is 1.03 bits per heavy atom. The predicted molar refractivity (Wildman–Crippen MR) is 142 cm³/mol. The van der Waals surface area contributed by atoms with Gasteiger partial charge in [-0.1, -0.05) is 42.5 Å². The number of aromatic nitrogens is 1. The largest absolute Gasteiger partial charge is 0.497 e. The number of benzene rings is 3. The van der Waals surface area contributed by atoms with E-state index in [9.17, 15) is 9.59 Å². The fraction of sp³-hybridized carbons (Fsp3) is 0.233. The average Bonchev–Trinajstić information content (AvgIpc) is 2.88. The van der Waals surface area contributed by atoms with Crippen LogP contribution in [-0.2, 0) is 11.3 Å². The zero-order valence-corrected chi connectivity index (χ0v) is 21.3. The van der Waals surface area contributed by atoms with Crippen molar-refractivity contribution >= 4 is 22.6 Å². The molecule has 5 rings (SSSR count). The average molecular weight is 496 g/mol. The van der Waals surface area contributed by atoms with Crippen LogP contribution in [0, 0.1) is 0 Å². The molecule has 3 aromatic carbocycles. The summed E-state index contributed by atoms with van der Waals surface area (Å²) in [5.41, 5.74) is 1.26. The molecule has 0 fully saturated rings. The van der Waals surface area contributed by atoms with Crippen LogP contribution in [0.25, 0.3) is 10.8 Å². The van der Waals surface area contributed by atoms with Gasteiger partial charge in [-0.15, -0.1) is 0 Å². The summed E-state index contributed by atoms with van der Waals surface area (Å²) in [5.74, 6) is 0.775. The maximum Gasteiger partial charge on any atom is 0.260 e. The van der Waals surface area contributed by atoms with Crippen LogP contribution in [0.4, 0.5) is 0 Å². The van der Waals surface area contributed by atoms with Crippen molar-refractivity contribution in [3.05, 3.63) is 95.7 Å². The number of rotatable bonds is 4. The Hall–Kier alpha value is -4.39. The van der Waals surface area contributed by atoms with Gasteiger partial charge >= 0.3 is 0 Å². The van der Waals surface area contributed by atoms with E-state index in [0.29, 0.717) is 22.6 Å². The number of pyridine rings is 1. The first kappa shape index (κ1) is 24.3. The van der Waals surface area contributed by atoms with Gasteiger partial charge in [-0.05, 0) is 67.4 Å². The molecule has 7 heteroatoms. The Morgan fingerprint density at radius 2 is 1.78 bits per heavy atom. The lowest BCUT2D eigenvalue weighted by atomic mass is 9.93. The molecule has 0 saturated carbocycles. The number of methoxy groups -OCH3 is 1. The van der Waals surface area contributed by atoms with Gasteiger partial charge in [-0.3, -0.25) is 9.59 Å². The third-order valence-corrected chi connectivity index (χ3v) is 6.24. The van der Waals surface area contributed by atoms with Crippen LogP contribution in [0.5, 0.6) is 17.4 Å². The van der Waals surface area contributed by atoms with Crippen LogP contribution < -0.4 is 14.8 Å². The molecule has 0 bridgehead atoms. The smallest absolute Gasteiger partial charge is 0.260 e. The molecule has 7 nitrogen and oxygen atoms in total. The van der Waals surface area contributed by atoms with E-state index in [1.807, 2.05) is 81.4 Å². The predicted octanol–water partition coefficient (Wildman–Crippen LogP) is 5.65. The van der Waals surface area contributed by atoms with E-state index in [0.717, 1.165) is 16.3 Å². The Balaban J connectivity index is 1.76. The molecule has 2 amide bonds. The van der Waals surface area contributed by atoms with Crippen LogP contribution in [0.3, 0.4) is 0 Å². The summed E-state index contributed by atoms with van der Waals surface area (Å²) in [7, 11) is 1.61. The van der Waals surface area contributed by atoms with Crippen LogP contribution >= 0.6 is 0 Å². The number of fused-ring (bicyclic) bond motifs is 4. The second kappa shape index (κ2) is 9.58. The van der Waals surface area contributed by atoms with Gasteiger partial charge in [0.25, 0.3) is 5.91 Å². The highest BCUT2D eigenvalue weighted by atomic mass is 16.5. The number of ether oxygens (including phenoxy) is 2. The molecule has 2 heterocycles. The molecule has 1 aliphatic rings. The van der Waals surface area contributed by atoms with E-state index >= 15 is 0 Å². The maximum atomic E-state index is 14.1. The maximum absolute atomic E-state index is 14.1. The van der Waals surface area contributed by atoms with Crippen LogP contribution in [0.15, 0.2) is 79.0 Å². The zero-order valence-electron chi connectivity index (χ0n) is 21.3. The molecule has 0 saturated heterocycles. The minimum atomic E-state index is -0.955. The topological polar surface area (TPSA) is 80.8 Å². The van der Waals surface area contributed by atoms with Gasteiger partial charge in [-0.25, -0.2) is 4.98 Å². The lowest BCUT2D eigenvalue weighted by Gasteiger charge is -2.36. The third kappa shape index (κ3) is 4.85. The molecule has 188 valence electrons. The molecule has 0 spiro atoms. The second-order valence-corrected chi connectivity index (χ2v) is 10.1. The normalized spacial score (nSPS) is 15.2. The number of carbonyl (C=O) groups excluding carboxylic acids is 2. The van der Waals surface area contributed by atoms with E-state index < -0.39 is 11.6 Å². The molecule has 1 atom stereocenters. The standard InChI is InChI=1S/C30H29N3O4/c1-30(2,3)32-27(34)26-25-22-9-6-5-8-20(22)13-16-24(25)37-28-23(10-7-17-31-28)29(35)33(26)18-19-11-14-21(36-4)15-12-19/h5-17,26H,18H2,1-4H3,(H,32,34). The van der Waals surface area contributed by atoms with Gasteiger partial charge in [0.2, 0.25) is 11.8 Å². The minimum absolute atomic E-state index is 0.196. The van der Waals surface area contributed by atoms with Crippen LogP contribution in [0.1, 0.15) is 48.3 Å². The van der Waals surface area contributed by atoms with Gasteiger partial charge in [0.1, 0.15) is 23.1 Å². The quantitative estimate of drug-likeness (QED) is 0.396. The monoisotopic (exact) mass is 495 g/mol. The Bertz CT molecular complexity index is 1470. The third-order valence-electron chi connectivity index (χ3n) is 6.24. The van der Waals surface area contributed by atoms with Crippen molar-refractivity contribution in [2.45, 2.75) is 38.9 Å². The lowest BCUT2D eigenvalue weighted by molar-refractivity contribution is -0.127. The van der Waals surface area contributed by atoms with Crippen LogP contribution in [0.2, 0.25) is 0 Å². The van der Waals surface area contributed by atoms with Crippen LogP contribution in [-0.4, -0.2) is 34.3 Å². The van der Waals surface area contributed by atoms with Crippen molar-refractivity contribution in [1.29, 1.82) is 0 Å². The molecule has 1 unspecified atom stereocenters. The summed E-state index contributed by atoms with van der Waals surface area (Å²) in [4.78, 5) is 34.2. The van der Waals surface area contributed by atoms with Crippen molar-refractivity contribution in [3.63, 3.8) is 0 Å². The number of amides is 2. The van der Waals surface area contributed by atoms with E-state index in [4.69, 9.17) is 9.47 Å². The van der Waals surface area contributed by atoms with Crippen molar-refractivity contribution < 1.29 is 19.1 Å². The van der Waals surface area contributed by atoms with Gasteiger partial charge < -0.3 is 19.7 Å². The molecule has 0 aliphatic carbocycles. The van der Waals surface area contributed by atoms with Crippen molar-refractivity contribution in [2.75, 3.05) is 7.11 Å². The van der Waals surface area contributed by atoms with E-state index in [1.165, 1.54) is 0 Å². The van der Waals surface area contributed by atoms with Gasteiger partial charge in [0.05, 0.1) is 7.11 Å². The SMILES string of the molecule is COc1ccc(CN2C(=O)c3cccnc3Oc3ccc4ccccc4c3C2C(=O)NC(C)(C)C)cc1. The Labute approximate surface area is 216 Å². The molecule has 0 radical (unpaired) electrons. The molecule has 37 heavy (non-hydrogen) atoms. The number of hydrogen-bond donors (Lipinski definition) is 1. The summed E-state index contributed by atoms with van der Waals surface area (Å²) in [6, 6.07) is 21.5. The first-order valence-electron chi connectivity index (χ1n) is 12.2. The highest BCUT2D eigenvalue weighted by Crippen LogP contribution is 2.42. The number of hydrogen-bond acceptors (Lipinski definition) is 5. The second-order valence-electron chi connectivity index (χ2n) is 10.1. The van der Waals surface area contributed by atoms with Gasteiger partial charge in [0, 0.05) is 23.8 Å². The van der Waals surface area contributed by atoms with Gasteiger partial charge in [0.15, 0.2) is 0 Å². The summed E-state index contributed by atoms with van der Waals surface area (Å²) < 4.78 is 11.5. The van der Waals surface area contributed by atoms with Crippen molar-refractivity contribution in [3.8, 4) is 17.4 Å². The molecule has 1 aliphatic heterocycles. The highest BCUT2D eigenvalue weighted by Gasteiger charge is 2.39. The minimum Gasteiger partial charge on any atom is -0.497 e. The molecule has 4 aromatic rings. The van der Waals surface area contributed by atoms with E-state index in [-0.39, 0.29) is 24.2 Å². The summed E-state index contributed by atoms with van der Waals surface area (Å²) in [5, 5.41) is 4.87. The first-order valence-corrected chi connectivity index (χ1v) is 12.2. The molecule has 1 aromatic heterocycles. The first-order chi connectivity index (χ1) is 17.7.